The number of likely N-dealkylation sites (N-methyl/N-ethyl adjacent to an activating group) is 1. The van der Waals surface area contributed by atoms with E-state index in [2.05, 4.69) is 17.3 Å². The summed E-state index contributed by atoms with van der Waals surface area (Å²) in [6, 6.07) is 5.94. The van der Waals surface area contributed by atoms with Gasteiger partial charge in [0, 0.05) is 32.7 Å². The normalized spacial score (nSPS) is 20.1. The van der Waals surface area contributed by atoms with Crippen molar-refractivity contribution >= 4 is 17.7 Å². The van der Waals surface area contributed by atoms with Crippen LogP contribution in [0.4, 0.5) is 0 Å². The van der Waals surface area contributed by atoms with Gasteiger partial charge in [0.1, 0.15) is 23.4 Å². The number of para-hydroxylation sites is 1. The van der Waals surface area contributed by atoms with Crippen LogP contribution in [0.2, 0.25) is 0 Å². The van der Waals surface area contributed by atoms with Gasteiger partial charge < -0.3 is 24.8 Å². The third-order valence-corrected chi connectivity index (χ3v) is 6.49. The Labute approximate surface area is 210 Å². The Bertz CT molecular complexity index is 903. The summed E-state index contributed by atoms with van der Waals surface area (Å²) >= 11 is 0. The van der Waals surface area contributed by atoms with Crippen LogP contribution in [0.15, 0.2) is 24.3 Å². The zero-order valence-corrected chi connectivity index (χ0v) is 22.2. The standard InChI is InChI=1S/C27H42N4O4/c1-19(2)18-21(28-24(32)20-10-7-8-12-23(20)35-27(3,4)5)25(33)31-13-9-11-22(31)26(34)30-16-14-29(6)15-17-30/h7-8,10,12,19,21-22H,9,11,13-18H2,1-6H3,(H,28,32)/t21-,22-/m1/s1. The third-order valence-electron chi connectivity index (χ3n) is 6.49. The topological polar surface area (TPSA) is 82.2 Å². The molecule has 0 saturated carbocycles. The van der Waals surface area contributed by atoms with E-state index in [1.54, 1.807) is 23.1 Å². The Morgan fingerprint density at radius 3 is 2.34 bits per heavy atom. The lowest BCUT2D eigenvalue weighted by Gasteiger charge is -2.36. The number of hydrogen-bond acceptors (Lipinski definition) is 5. The largest absolute Gasteiger partial charge is 0.487 e. The second kappa shape index (κ2) is 11.4. The summed E-state index contributed by atoms with van der Waals surface area (Å²) in [5.41, 5.74) is -0.0638. The van der Waals surface area contributed by atoms with E-state index >= 15 is 0 Å². The van der Waals surface area contributed by atoms with E-state index < -0.39 is 17.7 Å². The molecule has 8 nitrogen and oxygen atoms in total. The molecule has 194 valence electrons. The zero-order chi connectivity index (χ0) is 25.8. The van der Waals surface area contributed by atoms with Gasteiger partial charge >= 0.3 is 0 Å². The smallest absolute Gasteiger partial charge is 0.255 e. The Kier molecular flexibility index (Phi) is 8.80. The SMILES string of the molecule is CC(C)C[C@@H](NC(=O)c1ccccc1OC(C)(C)C)C(=O)N1CCC[C@@H]1C(=O)N1CCN(C)CC1. The molecule has 2 fully saturated rings. The maximum absolute atomic E-state index is 13.7. The Hall–Kier alpha value is -2.61. The maximum atomic E-state index is 13.7. The highest BCUT2D eigenvalue weighted by Gasteiger charge is 2.40. The number of piperazine rings is 1. The molecule has 3 rings (SSSR count). The van der Waals surface area contributed by atoms with E-state index in [-0.39, 0.29) is 23.6 Å². The summed E-state index contributed by atoms with van der Waals surface area (Å²) in [5, 5.41) is 2.97. The molecule has 0 radical (unpaired) electrons. The number of nitrogens with zero attached hydrogens (tertiary/aromatic N) is 3. The van der Waals surface area contributed by atoms with E-state index in [4.69, 9.17) is 4.74 Å². The van der Waals surface area contributed by atoms with Crippen LogP contribution in [-0.4, -0.2) is 89.9 Å². The fourth-order valence-corrected chi connectivity index (χ4v) is 4.73. The first kappa shape index (κ1) is 27.0. The van der Waals surface area contributed by atoms with Gasteiger partial charge in [0.05, 0.1) is 5.56 Å². The number of carbonyl (C=O) groups is 3. The molecule has 8 heteroatoms. The fourth-order valence-electron chi connectivity index (χ4n) is 4.73. The van der Waals surface area contributed by atoms with Crippen molar-refractivity contribution in [3.8, 4) is 5.75 Å². The molecular weight excluding hydrogens is 444 g/mol. The van der Waals surface area contributed by atoms with Crippen molar-refractivity contribution in [2.45, 2.75) is 71.6 Å². The minimum absolute atomic E-state index is 0.0301. The Morgan fingerprint density at radius 1 is 1.06 bits per heavy atom. The van der Waals surface area contributed by atoms with Gasteiger partial charge in [0.25, 0.3) is 5.91 Å². The summed E-state index contributed by atoms with van der Waals surface area (Å²) in [6.45, 7) is 13.4. The van der Waals surface area contributed by atoms with E-state index in [1.807, 2.05) is 45.6 Å². The van der Waals surface area contributed by atoms with Gasteiger partial charge in [-0.2, -0.15) is 0 Å². The molecule has 3 amide bonds. The number of rotatable bonds is 7. The minimum atomic E-state index is -0.703. The summed E-state index contributed by atoms with van der Waals surface area (Å²) in [7, 11) is 2.05. The lowest BCUT2D eigenvalue weighted by molar-refractivity contribution is -0.145. The van der Waals surface area contributed by atoms with Gasteiger partial charge in [0.15, 0.2) is 0 Å². The predicted molar refractivity (Wildman–Crippen MR) is 136 cm³/mol. The molecule has 0 bridgehead atoms. The molecule has 2 heterocycles. The first-order valence-corrected chi connectivity index (χ1v) is 12.8. The van der Waals surface area contributed by atoms with Crippen molar-refractivity contribution in [2.24, 2.45) is 5.92 Å². The van der Waals surface area contributed by atoms with E-state index in [0.717, 1.165) is 19.5 Å². The summed E-state index contributed by atoms with van der Waals surface area (Å²) in [6.07, 6.45) is 1.96. The molecule has 0 aliphatic carbocycles. The number of amides is 3. The fraction of sp³-hybridized carbons (Fsp3) is 0.667. The van der Waals surface area contributed by atoms with Gasteiger partial charge in [0.2, 0.25) is 11.8 Å². The number of benzene rings is 1. The van der Waals surface area contributed by atoms with Gasteiger partial charge in [-0.1, -0.05) is 26.0 Å². The maximum Gasteiger partial charge on any atom is 0.255 e. The number of likely N-dealkylation sites (tertiary alicyclic amines) is 1. The number of hydrogen-bond donors (Lipinski definition) is 1. The molecule has 1 aromatic carbocycles. The molecule has 0 unspecified atom stereocenters. The van der Waals surface area contributed by atoms with Crippen molar-refractivity contribution < 1.29 is 19.1 Å². The molecule has 0 spiro atoms. The van der Waals surface area contributed by atoms with Crippen LogP contribution in [0.25, 0.3) is 0 Å². The molecule has 2 atom stereocenters. The zero-order valence-electron chi connectivity index (χ0n) is 22.2. The van der Waals surface area contributed by atoms with Gasteiger partial charge in [-0.3, -0.25) is 14.4 Å². The molecule has 2 saturated heterocycles. The van der Waals surface area contributed by atoms with E-state index in [0.29, 0.717) is 43.8 Å². The van der Waals surface area contributed by atoms with Crippen LogP contribution < -0.4 is 10.1 Å². The van der Waals surface area contributed by atoms with Gasteiger partial charge in [-0.15, -0.1) is 0 Å². The highest BCUT2D eigenvalue weighted by atomic mass is 16.5. The number of ether oxygens (including phenoxy) is 1. The summed E-state index contributed by atoms with van der Waals surface area (Å²) in [4.78, 5) is 46.1. The summed E-state index contributed by atoms with van der Waals surface area (Å²) in [5.74, 6) is 0.191. The second-order valence-corrected chi connectivity index (χ2v) is 11.2. The third kappa shape index (κ3) is 7.19. The molecule has 35 heavy (non-hydrogen) atoms. The van der Waals surface area contributed by atoms with Crippen LogP contribution in [0.1, 0.15) is 64.2 Å². The summed E-state index contributed by atoms with van der Waals surface area (Å²) < 4.78 is 5.99. The molecular formula is C27H42N4O4. The minimum Gasteiger partial charge on any atom is -0.487 e. The molecule has 2 aliphatic heterocycles. The molecule has 1 N–H and O–H groups in total. The van der Waals surface area contributed by atoms with Gasteiger partial charge in [-0.05, 0) is 65.1 Å². The second-order valence-electron chi connectivity index (χ2n) is 11.2. The molecule has 1 aromatic rings. The van der Waals surface area contributed by atoms with Crippen molar-refractivity contribution in [2.75, 3.05) is 39.8 Å². The quantitative estimate of drug-likeness (QED) is 0.641. The first-order chi connectivity index (χ1) is 16.5. The van der Waals surface area contributed by atoms with E-state index in [9.17, 15) is 14.4 Å². The number of carbonyl (C=O) groups excluding carboxylic acids is 3. The Morgan fingerprint density at radius 2 is 1.71 bits per heavy atom. The predicted octanol–water partition coefficient (Wildman–Crippen LogP) is 2.77. The van der Waals surface area contributed by atoms with Gasteiger partial charge in [-0.25, -0.2) is 0 Å². The lowest BCUT2D eigenvalue weighted by atomic mass is 10.0. The van der Waals surface area contributed by atoms with Crippen LogP contribution >= 0.6 is 0 Å². The molecule has 2 aliphatic rings. The highest BCUT2D eigenvalue weighted by Crippen LogP contribution is 2.25. The van der Waals surface area contributed by atoms with Crippen molar-refractivity contribution in [3.05, 3.63) is 29.8 Å². The van der Waals surface area contributed by atoms with Crippen molar-refractivity contribution in [1.29, 1.82) is 0 Å². The van der Waals surface area contributed by atoms with Crippen LogP contribution in [-0.2, 0) is 9.59 Å². The Balaban J connectivity index is 1.76. The van der Waals surface area contributed by atoms with Crippen LogP contribution in [0.3, 0.4) is 0 Å². The van der Waals surface area contributed by atoms with Crippen LogP contribution in [0.5, 0.6) is 5.75 Å². The highest BCUT2D eigenvalue weighted by molar-refractivity contribution is 6.00. The monoisotopic (exact) mass is 486 g/mol. The van der Waals surface area contributed by atoms with Crippen molar-refractivity contribution in [3.63, 3.8) is 0 Å². The average Bonchev–Trinajstić information content (AvgIpc) is 3.27. The average molecular weight is 487 g/mol. The van der Waals surface area contributed by atoms with E-state index in [1.165, 1.54) is 0 Å². The number of nitrogens with one attached hydrogen (secondary N) is 1. The lowest BCUT2D eigenvalue weighted by Crippen LogP contribution is -2.56. The molecule has 0 aromatic heterocycles. The van der Waals surface area contributed by atoms with Crippen molar-refractivity contribution in [1.82, 2.24) is 20.0 Å². The first-order valence-electron chi connectivity index (χ1n) is 12.8. The van der Waals surface area contributed by atoms with Crippen LogP contribution in [0, 0.1) is 5.92 Å².